The number of nitrogens with one attached hydrogen (secondary N) is 2. The predicted molar refractivity (Wildman–Crippen MR) is 101 cm³/mol. The number of carbonyl (C=O) groups excluding carboxylic acids is 1. The Hall–Kier alpha value is -2.33. The van der Waals surface area contributed by atoms with Crippen molar-refractivity contribution < 1.29 is 13.2 Å². The molecule has 1 aliphatic rings. The topological polar surface area (TPSA) is 110 Å². The minimum absolute atomic E-state index is 0.139. The number of hydrogen-bond donors (Lipinski definition) is 2. The Balaban J connectivity index is 1.74. The van der Waals surface area contributed by atoms with Gasteiger partial charge < -0.3 is 5.32 Å². The maximum absolute atomic E-state index is 12.6. The van der Waals surface area contributed by atoms with Gasteiger partial charge in [-0.3, -0.25) is 18.9 Å². The van der Waals surface area contributed by atoms with Gasteiger partial charge in [0.05, 0.1) is 17.9 Å². The van der Waals surface area contributed by atoms with Crippen LogP contribution in [-0.4, -0.2) is 35.9 Å². The first-order valence-corrected chi connectivity index (χ1v) is 10.7. The molecule has 10 heteroatoms. The fourth-order valence-electron chi connectivity index (χ4n) is 2.58. The number of anilines is 2. The first kappa shape index (κ1) is 18.5. The van der Waals surface area contributed by atoms with E-state index in [4.69, 9.17) is 0 Å². The summed E-state index contributed by atoms with van der Waals surface area (Å²) in [5.41, 5.74) is 1.24. The monoisotopic (exact) mass is 394 g/mol. The van der Waals surface area contributed by atoms with Gasteiger partial charge in [-0.2, -0.15) is 0 Å². The number of amides is 1. The van der Waals surface area contributed by atoms with E-state index in [9.17, 15) is 18.0 Å². The summed E-state index contributed by atoms with van der Waals surface area (Å²) in [4.78, 5) is 29.0. The molecule has 2 aromatic rings. The van der Waals surface area contributed by atoms with E-state index in [1.807, 2.05) is 0 Å². The van der Waals surface area contributed by atoms with Crippen LogP contribution < -0.4 is 15.6 Å². The normalized spacial score (nSPS) is 16.6. The standard InChI is InChI=1S/C16H18N4O4S2/c1-10-7-17-16-20(15(10)22)8-11(9-25-16)14(21)18-12-4-3-5-13(6-12)19-26(2,23)24/h3-7,11,19H,8-9H2,1-2H3,(H,18,21)/t11-/m1/s1. The minimum atomic E-state index is -3.40. The van der Waals surface area contributed by atoms with Crippen LogP contribution in [0, 0.1) is 12.8 Å². The van der Waals surface area contributed by atoms with E-state index < -0.39 is 10.0 Å². The van der Waals surface area contributed by atoms with Crippen LogP contribution in [0.5, 0.6) is 0 Å². The Morgan fingerprint density at radius 1 is 1.35 bits per heavy atom. The summed E-state index contributed by atoms with van der Waals surface area (Å²) >= 11 is 1.37. The minimum Gasteiger partial charge on any atom is -0.326 e. The lowest BCUT2D eigenvalue weighted by molar-refractivity contribution is -0.119. The predicted octanol–water partition coefficient (Wildman–Crippen LogP) is 1.28. The number of thioether (sulfide) groups is 1. The molecule has 1 aromatic carbocycles. The lowest BCUT2D eigenvalue weighted by atomic mass is 10.1. The van der Waals surface area contributed by atoms with Crippen molar-refractivity contribution in [2.45, 2.75) is 18.6 Å². The smallest absolute Gasteiger partial charge is 0.257 e. The van der Waals surface area contributed by atoms with Crippen LogP contribution >= 0.6 is 11.8 Å². The van der Waals surface area contributed by atoms with Gasteiger partial charge in [0, 0.05) is 29.7 Å². The first-order valence-electron chi connectivity index (χ1n) is 7.81. The number of hydrogen-bond acceptors (Lipinski definition) is 6. The van der Waals surface area contributed by atoms with Crippen LogP contribution in [0.25, 0.3) is 0 Å². The summed E-state index contributed by atoms with van der Waals surface area (Å²) in [5, 5.41) is 3.39. The molecule has 0 bridgehead atoms. The Labute approximate surface area is 155 Å². The van der Waals surface area contributed by atoms with E-state index in [1.165, 1.54) is 16.3 Å². The molecule has 138 valence electrons. The molecule has 2 heterocycles. The second-order valence-electron chi connectivity index (χ2n) is 6.09. The van der Waals surface area contributed by atoms with Gasteiger partial charge in [-0.15, -0.1) is 0 Å². The zero-order valence-corrected chi connectivity index (χ0v) is 15.9. The highest BCUT2D eigenvalue weighted by Crippen LogP contribution is 2.26. The van der Waals surface area contributed by atoms with Crippen LogP contribution in [0.4, 0.5) is 11.4 Å². The van der Waals surface area contributed by atoms with Crippen LogP contribution in [0.3, 0.4) is 0 Å². The molecule has 0 fully saturated rings. The molecule has 0 spiro atoms. The summed E-state index contributed by atoms with van der Waals surface area (Å²) in [6, 6.07) is 6.46. The molecule has 0 radical (unpaired) electrons. The van der Waals surface area contributed by atoms with Crippen molar-refractivity contribution in [1.29, 1.82) is 0 Å². The third kappa shape index (κ3) is 4.25. The molecule has 1 aliphatic heterocycles. The Kier molecular flexibility index (Phi) is 5.05. The molecule has 1 aromatic heterocycles. The van der Waals surface area contributed by atoms with Gasteiger partial charge in [0.2, 0.25) is 15.9 Å². The molecule has 0 saturated carbocycles. The van der Waals surface area contributed by atoms with Crippen LogP contribution in [0.2, 0.25) is 0 Å². The number of aryl methyl sites for hydroxylation is 1. The van der Waals surface area contributed by atoms with Gasteiger partial charge in [-0.05, 0) is 25.1 Å². The van der Waals surface area contributed by atoms with Crippen molar-refractivity contribution in [1.82, 2.24) is 9.55 Å². The van der Waals surface area contributed by atoms with E-state index in [1.54, 1.807) is 37.4 Å². The van der Waals surface area contributed by atoms with Gasteiger partial charge in [0.1, 0.15) is 0 Å². The second-order valence-corrected chi connectivity index (χ2v) is 8.83. The third-order valence-electron chi connectivity index (χ3n) is 3.80. The molecular formula is C16H18N4O4S2. The van der Waals surface area contributed by atoms with Gasteiger partial charge in [-0.25, -0.2) is 13.4 Å². The zero-order valence-electron chi connectivity index (χ0n) is 14.2. The van der Waals surface area contributed by atoms with E-state index >= 15 is 0 Å². The zero-order chi connectivity index (χ0) is 18.9. The van der Waals surface area contributed by atoms with Gasteiger partial charge in [0.15, 0.2) is 5.16 Å². The SMILES string of the molecule is Cc1cnc2n(c1=O)C[C@@H](C(=O)Nc1cccc(NS(C)(=O)=O)c1)CS2. The number of fused-ring (bicyclic) bond motifs is 1. The maximum atomic E-state index is 12.6. The number of nitrogens with zero attached hydrogens (tertiary/aromatic N) is 2. The molecular weight excluding hydrogens is 376 g/mol. The fraction of sp³-hybridized carbons (Fsp3) is 0.312. The largest absolute Gasteiger partial charge is 0.326 e. The fourth-order valence-corrected chi connectivity index (χ4v) is 4.18. The van der Waals surface area contributed by atoms with Crippen molar-refractivity contribution in [3.63, 3.8) is 0 Å². The molecule has 3 rings (SSSR count). The van der Waals surface area contributed by atoms with E-state index in [0.717, 1.165) is 6.26 Å². The highest BCUT2D eigenvalue weighted by molar-refractivity contribution is 7.99. The highest BCUT2D eigenvalue weighted by atomic mass is 32.2. The van der Waals surface area contributed by atoms with Crippen molar-refractivity contribution in [2.75, 3.05) is 22.0 Å². The number of aromatic nitrogens is 2. The van der Waals surface area contributed by atoms with E-state index in [2.05, 4.69) is 15.0 Å². The van der Waals surface area contributed by atoms with E-state index in [-0.39, 0.29) is 23.9 Å². The lowest BCUT2D eigenvalue weighted by Crippen LogP contribution is -2.37. The average Bonchev–Trinajstić information content (AvgIpc) is 2.57. The molecule has 1 atom stereocenters. The third-order valence-corrected chi connectivity index (χ3v) is 5.56. The number of rotatable bonds is 4. The molecule has 26 heavy (non-hydrogen) atoms. The maximum Gasteiger partial charge on any atom is 0.257 e. The number of sulfonamides is 1. The van der Waals surface area contributed by atoms with Crippen molar-refractivity contribution in [2.24, 2.45) is 5.92 Å². The lowest BCUT2D eigenvalue weighted by Gasteiger charge is -2.24. The number of carbonyl (C=O) groups is 1. The molecule has 1 amide bonds. The molecule has 0 saturated heterocycles. The van der Waals surface area contributed by atoms with Gasteiger partial charge in [-0.1, -0.05) is 17.8 Å². The van der Waals surface area contributed by atoms with Crippen LogP contribution in [0.15, 0.2) is 40.4 Å². The van der Waals surface area contributed by atoms with Crippen molar-refractivity contribution in [3.05, 3.63) is 46.4 Å². The molecule has 0 unspecified atom stereocenters. The Bertz CT molecular complexity index is 1020. The summed E-state index contributed by atoms with van der Waals surface area (Å²) in [6.07, 6.45) is 2.60. The van der Waals surface area contributed by atoms with Crippen LogP contribution in [0.1, 0.15) is 5.56 Å². The van der Waals surface area contributed by atoms with Crippen LogP contribution in [-0.2, 0) is 21.4 Å². The Morgan fingerprint density at radius 3 is 2.81 bits per heavy atom. The number of benzene rings is 1. The average molecular weight is 394 g/mol. The summed E-state index contributed by atoms with van der Waals surface area (Å²) < 4.78 is 26.5. The summed E-state index contributed by atoms with van der Waals surface area (Å²) in [6.45, 7) is 1.96. The van der Waals surface area contributed by atoms with E-state index in [0.29, 0.717) is 27.8 Å². The Morgan fingerprint density at radius 2 is 2.08 bits per heavy atom. The van der Waals surface area contributed by atoms with Gasteiger partial charge >= 0.3 is 0 Å². The quantitative estimate of drug-likeness (QED) is 0.756. The molecule has 2 N–H and O–H groups in total. The first-order chi connectivity index (χ1) is 12.2. The summed E-state index contributed by atoms with van der Waals surface area (Å²) in [7, 11) is -3.40. The summed E-state index contributed by atoms with van der Waals surface area (Å²) in [5.74, 6) is -0.101. The molecule has 8 nitrogen and oxygen atoms in total. The molecule has 0 aliphatic carbocycles. The van der Waals surface area contributed by atoms with Gasteiger partial charge in [0.25, 0.3) is 5.56 Å². The second kappa shape index (κ2) is 7.12. The van der Waals surface area contributed by atoms with Crippen molar-refractivity contribution >= 4 is 39.1 Å². The van der Waals surface area contributed by atoms with Crippen molar-refractivity contribution in [3.8, 4) is 0 Å². The highest BCUT2D eigenvalue weighted by Gasteiger charge is 2.27.